The second kappa shape index (κ2) is 11.5. The summed E-state index contributed by atoms with van der Waals surface area (Å²) in [7, 11) is 1.57. The molecule has 1 saturated carbocycles. The number of fused-ring (bicyclic) bond motifs is 1. The summed E-state index contributed by atoms with van der Waals surface area (Å²) >= 11 is 0. The molecule has 5 rings (SSSR count). The molecule has 2 fully saturated rings. The Labute approximate surface area is 228 Å². The number of rotatable bonds is 7. The van der Waals surface area contributed by atoms with Crippen LogP contribution in [0.4, 0.5) is 4.79 Å². The van der Waals surface area contributed by atoms with Crippen molar-refractivity contribution in [2.75, 3.05) is 33.3 Å². The van der Waals surface area contributed by atoms with E-state index in [2.05, 4.69) is 24.3 Å². The molecule has 0 spiro atoms. The maximum absolute atomic E-state index is 13.9. The molecule has 0 aromatic heterocycles. The lowest BCUT2D eigenvalue weighted by Crippen LogP contribution is -2.54. The van der Waals surface area contributed by atoms with Gasteiger partial charge in [0.15, 0.2) is 11.5 Å². The summed E-state index contributed by atoms with van der Waals surface area (Å²) in [6, 6.07) is 19.9. The summed E-state index contributed by atoms with van der Waals surface area (Å²) in [5, 5.41) is 23.4. The van der Waals surface area contributed by atoms with Crippen molar-refractivity contribution in [1.29, 1.82) is 0 Å². The molecule has 2 N–H and O–H groups in total. The minimum atomic E-state index is -1.17. The normalized spacial score (nSPS) is 18.0. The monoisotopic (exact) mass is 532 g/mol. The Bertz CT molecular complexity index is 1330. The van der Waals surface area contributed by atoms with Crippen molar-refractivity contribution in [1.82, 2.24) is 9.80 Å². The third-order valence-electron chi connectivity index (χ3n) is 8.09. The minimum absolute atomic E-state index is 0.170. The number of hydrogen-bond donors (Lipinski definition) is 2. The van der Waals surface area contributed by atoms with Crippen LogP contribution in [0.15, 0.2) is 60.7 Å². The van der Waals surface area contributed by atoms with E-state index in [1.165, 1.54) is 10.3 Å². The van der Waals surface area contributed by atoms with Gasteiger partial charge in [-0.3, -0.25) is 4.79 Å². The van der Waals surface area contributed by atoms with Crippen LogP contribution in [0.2, 0.25) is 0 Å². The largest absolute Gasteiger partial charge is 0.493 e. The molecule has 1 atom stereocenters. The zero-order valence-corrected chi connectivity index (χ0v) is 22.3. The number of amides is 2. The number of carbonyl (C=O) groups is 2. The number of benzene rings is 3. The molecule has 2 amide bonds. The Hall–Kier alpha value is -3.78. The molecule has 1 unspecified atom stereocenters. The molecule has 8 heteroatoms. The summed E-state index contributed by atoms with van der Waals surface area (Å²) in [5.74, 6) is 0.126. The third-order valence-corrected chi connectivity index (χ3v) is 8.09. The zero-order chi connectivity index (χ0) is 27.4. The second-order valence-corrected chi connectivity index (χ2v) is 10.6. The molecule has 8 nitrogen and oxygen atoms in total. The SMILES string of the molecule is COc1cc(C(C(=O)N2CCN(C(=O)O)CC2)C2(O)CCCCC2)ccc1OCc1ccc2ccccc2c1. The average Bonchev–Trinajstić information content (AvgIpc) is 2.96. The standard InChI is InChI=1S/C31H36N2O6/c1-38-27-20-25(11-12-26(27)39-21-22-9-10-23-7-3-4-8-24(23)19-22)28(31(37)13-5-2-6-14-31)29(34)32-15-17-33(18-16-32)30(35)36/h3-4,7-12,19-20,28,37H,2,5-6,13-18,21H2,1H3,(H,35,36). The second-order valence-electron chi connectivity index (χ2n) is 10.6. The number of carboxylic acid groups (broad SMARTS) is 1. The number of aliphatic hydroxyl groups is 1. The van der Waals surface area contributed by atoms with Crippen molar-refractivity contribution >= 4 is 22.8 Å². The van der Waals surface area contributed by atoms with E-state index in [1.54, 1.807) is 18.1 Å². The Morgan fingerprint density at radius 3 is 2.26 bits per heavy atom. The quantitative estimate of drug-likeness (QED) is 0.443. The van der Waals surface area contributed by atoms with E-state index < -0.39 is 17.6 Å². The summed E-state index contributed by atoms with van der Waals surface area (Å²) in [6.07, 6.45) is 2.86. The maximum atomic E-state index is 13.9. The minimum Gasteiger partial charge on any atom is -0.493 e. The summed E-state index contributed by atoms with van der Waals surface area (Å²) < 4.78 is 11.8. The number of carbonyl (C=O) groups excluding carboxylic acids is 1. The fourth-order valence-electron chi connectivity index (χ4n) is 5.91. The van der Waals surface area contributed by atoms with Crippen molar-refractivity contribution in [3.8, 4) is 11.5 Å². The Morgan fingerprint density at radius 1 is 0.872 bits per heavy atom. The Balaban J connectivity index is 1.38. The molecular weight excluding hydrogens is 496 g/mol. The molecule has 2 aliphatic rings. The van der Waals surface area contributed by atoms with Crippen molar-refractivity contribution in [3.05, 3.63) is 71.8 Å². The van der Waals surface area contributed by atoms with Gasteiger partial charge >= 0.3 is 6.09 Å². The molecule has 39 heavy (non-hydrogen) atoms. The number of methoxy groups -OCH3 is 1. The lowest BCUT2D eigenvalue weighted by molar-refractivity contribution is -0.143. The first kappa shape index (κ1) is 26.8. The highest BCUT2D eigenvalue weighted by atomic mass is 16.5. The van der Waals surface area contributed by atoms with Crippen LogP contribution >= 0.6 is 0 Å². The highest BCUT2D eigenvalue weighted by molar-refractivity contribution is 5.86. The molecule has 206 valence electrons. The van der Waals surface area contributed by atoms with Gasteiger partial charge in [-0.1, -0.05) is 61.7 Å². The van der Waals surface area contributed by atoms with E-state index in [4.69, 9.17) is 9.47 Å². The van der Waals surface area contributed by atoms with Gasteiger partial charge in [0, 0.05) is 26.2 Å². The van der Waals surface area contributed by atoms with Crippen LogP contribution < -0.4 is 9.47 Å². The molecule has 3 aromatic rings. The van der Waals surface area contributed by atoms with Crippen LogP contribution in [0.5, 0.6) is 11.5 Å². The Morgan fingerprint density at radius 2 is 1.56 bits per heavy atom. The van der Waals surface area contributed by atoms with Gasteiger partial charge < -0.3 is 29.5 Å². The van der Waals surface area contributed by atoms with E-state index in [0.29, 0.717) is 49.6 Å². The fraction of sp³-hybridized carbons (Fsp3) is 0.419. The van der Waals surface area contributed by atoms with Gasteiger partial charge in [-0.15, -0.1) is 0 Å². The highest BCUT2D eigenvalue weighted by Crippen LogP contribution is 2.43. The van der Waals surface area contributed by atoms with Crippen LogP contribution in [0, 0.1) is 0 Å². The van der Waals surface area contributed by atoms with Crippen molar-refractivity contribution in [3.63, 3.8) is 0 Å². The van der Waals surface area contributed by atoms with Crippen molar-refractivity contribution < 1.29 is 29.3 Å². The molecule has 3 aromatic carbocycles. The number of nitrogens with zero attached hydrogens (tertiary/aromatic N) is 2. The van der Waals surface area contributed by atoms with Crippen LogP contribution in [-0.4, -0.2) is 70.9 Å². The lowest BCUT2D eigenvalue weighted by Gasteiger charge is -2.42. The maximum Gasteiger partial charge on any atom is 0.407 e. The zero-order valence-electron chi connectivity index (χ0n) is 22.3. The van der Waals surface area contributed by atoms with Crippen molar-refractivity contribution in [2.45, 2.75) is 50.2 Å². The predicted molar refractivity (Wildman–Crippen MR) is 148 cm³/mol. The lowest BCUT2D eigenvalue weighted by atomic mass is 9.72. The van der Waals surface area contributed by atoms with E-state index in [1.807, 2.05) is 30.3 Å². The van der Waals surface area contributed by atoms with Crippen LogP contribution in [0.25, 0.3) is 10.8 Å². The van der Waals surface area contributed by atoms with E-state index in [0.717, 1.165) is 30.2 Å². The summed E-state index contributed by atoms with van der Waals surface area (Å²) in [6.45, 7) is 1.50. The number of hydrogen-bond acceptors (Lipinski definition) is 5. The van der Waals surface area contributed by atoms with Crippen LogP contribution in [0.3, 0.4) is 0 Å². The number of ether oxygens (including phenoxy) is 2. The van der Waals surface area contributed by atoms with Crippen LogP contribution in [-0.2, 0) is 11.4 Å². The van der Waals surface area contributed by atoms with Gasteiger partial charge in [0.25, 0.3) is 0 Å². The van der Waals surface area contributed by atoms with Gasteiger partial charge in [0.1, 0.15) is 6.61 Å². The number of piperazine rings is 1. The van der Waals surface area contributed by atoms with Gasteiger partial charge in [-0.05, 0) is 52.9 Å². The molecule has 0 radical (unpaired) electrons. The molecule has 1 heterocycles. The first-order valence-electron chi connectivity index (χ1n) is 13.7. The van der Waals surface area contributed by atoms with Gasteiger partial charge in [-0.25, -0.2) is 4.79 Å². The van der Waals surface area contributed by atoms with Gasteiger partial charge in [0.2, 0.25) is 5.91 Å². The van der Waals surface area contributed by atoms with Crippen molar-refractivity contribution in [2.24, 2.45) is 0 Å². The summed E-state index contributed by atoms with van der Waals surface area (Å²) in [5.41, 5.74) is 0.544. The van der Waals surface area contributed by atoms with E-state index in [-0.39, 0.29) is 19.0 Å². The molecular formula is C31H36N2O6. The molecule has 1 aliphatic heterocycles. The molecule has 0 bridgehead atoms. The van der Waals surface area contributed by atoms with Gasteiger partial charge in [-0.2, -0.15) is 0 Å². The molecule has 1 aliphatic carbocycles. The fourth-order valence-corrected chi connectivity index (χ4v) is 5.91. The van der Waals surface area contributed by atoms with E-state index >= 15 is 0 Å². The molecule has 1 saturated heterocycles. The third kappa shape index (κ3) is 5.81. The first-order valence-corrected chi connectivity index (χ1v) is 13.7. The predicted octanol–water partition coefficient (Wildman–Crippen LogP) is 5.03. The summed E-state index contributed by atoms with van der Waals surface area (Å²) in [4.78, 5) is 28.3. The average molecular weight is 533 g/mol. The van der Waals surface area contributed by atoms with Gasteiger partial charge in [0.05, 0.1) is 18.6 Å². The smallest absolute Gasteiger partial charge is 0.407 e. The Kier molecular flexibility index (Phi) is 7.93. The van der Waals surface area contributed by atoms with E-state index in [9.17, 15) is 19.8 Å². The highest BCUT2D eigenvalue weighted by Gasteiger charge is 2.45. The van der Waals surface area contributed by atoms with Crippen LogP contribution in [0.1, 0.15) is 49.1 Å². The topological polar surface area (TPSA) is 99.5 Å². The first-order chi connectivity index (χ1) is 18.9.